The van der Waals surface area contributed by atoms with Crippen molar-refractivity contribution in [1.29, 1.82) is 0 Å². The fourth-order valence-corrected chi connectivity index (χ4v) is 2.83. The molecule has 0 spiro atoms. The molecule has 2 aromatic rings. The predicted molar refractivity (Wildman–Crippen MR) is 94.8 cm³/mol. The van der Waals surface area contributed by atoms with Gasteiger partial charge in [-0.25, -0.2) is 4.79 Å². The SMILES string of the molecule is COc1cc(OC)cc(C(=O)OCC(=O)c2c(C)cc(C)cc2C)c1. The Kier molecular flexibility index (Phi) is 5.80. The van der Waals surface area contributed by atoms with Crippen molar-refractivity contribution >= 4 is 11.8 Å². The van der Waals surface area contributed by atoms with Gasteiger partial charge in [-0.15, -0.1) is 0 Å². The number of hydrogen-bond donors (Lipinski definition) is 0. The van der Waals surface area contributed by atoms with Crippen LogP contribution in [0.2, 0.25) is 0 Å². The number of benzene rings is 2. The summed E-state index contributed by atoms with van der Waals surface area (Å²) >= 11 is 0. The molecule has 5 heteroatoms. The van der Waals surface area contributed by atoms with Crippen molar-refractivity contribution < 1.29 is 23.8 Å². The van der Waals surface area contributed by atoms with E-state index in [9.17, 15) is 9.59 Å². The third-order valence-corrected chi connectivity index (χ3v) is 3.88. The molecule has 2 aromatic carbocycles. The van der Waals surface area contributed by atoms with Gasteiger partial charge in [-0.1, -0.05) is 17.7 Å². The fourth-order valence-electron chi connectivity index (χ4n) is 2.83. The Morgan fingerprint density at radius 2 is 1.36 bits per heavy atom. The maximum atomic E-state index is 12.5. The van der Waals surface area contributed by atoms with Crippen molar-refractivity contribution in [2.45, 2.75) is 20.8 Å². The van der Waals surface area contributed by atoms with Gasteiger partial charge in [0.15, 0.2) is 6.61 Å². The summed E-state index contributed by atoms with van der Waals surface area (Å²) in [7, 11) is 2.99. The maximum Gasteiger partial charge on any atom is 0.338 e. The molecule has 0 aromatic heterocycles. The zero-order valence-corrected chi connectivity index (χ0v) is 15.1. The summed E-state index contributed by atoms with van der Waals surface area (Å²) in [6.45, 7) is 5.41. The first-order valence-electron chi connectivity index (χ1n) is 7.87. The quantitative estimate of drug-likeness (QED) is 0.592. The topological polar surface area (TPSA) is 61.8 Å². The van der Waals surface area contributed by atoms with Crippen LogP contribution in [0.5, 0.6) is 11.5 Å². The molecule has 0 amide bonds. The molecule has 0 atom stereocenters. The van der Waals surface area contributed by atoms with E-state index in [4.69, 9.17) is 14.2 Å². The van der Waals surface area contributed by atoms with Crippen LogP contribution in [-0.4, -0.2) is 32.6 Å². The van der Waals surface area contributed by atoms with Gasteiger partial charge < -0.3 is 14.2 Å². The van der Waals surface area contributed by atoms with Crippen molar-refractivity contribution in [2.75, 3.05) is 20.8 Å². The summed E-state index contributed by atoms with van der Waals surface area (Å²) in [5.74, 6) is 0.122. The summed E-state index contributed by atoms with van der Waals surface area (Å²) in [6.07, 6.45) is 0. The van der Waals surface area contributed by atoms with Crippen LogP contribution in [0.15, 0.2) is 30.3 Å². The highest BCUT2D eigenvalue weighted by molar-refractivity contribution is 6.01. The summed E-state index contributed by atoms with van der Waals surface area (Å²) in [5.41, 5.74) is 3.71. The predicted octanol–water partition coefficient (Wildman–Crippen LogP) is 3.67. The van der Waals surface area contributed by atoms with Gasteiger partial charge in [-0.3, -0.25) is 4.79 Å². The van der Waals surface area contributed by atoms with E-state index in [0.29, 0.717) is 17.1 Å². The third-order valence-electron chi connectivity index (χ3n) is 3.88. The number of rotatable bonds is 6. The molecule has 0 N–H and O–H groups in total. The van der Waals surface area contributed by atoms with Gasteiger partial charge in [-0.2, -0.15) is 0 Å². The molecule has 0 fully saturated rings. The number of Topliss-reactive ketones (excluding diaryl/α,β-unsaturated/α-hetero) is 1. The molecule has 0 bridgehead atoms. The van der Waals surface area contributed by atoms with Crippen LogP contribution >= 0.6 is 0 Å². The Hall–Kier alpha value is -2.82. The number of carbonyl (C=O) groups is 2. The van der Waals surface area contributed by atoms with Crippen LogP contribution in [0.1, 0.15) is 37.4 Å². The molecule has 25 heavy (non-hydrogen) atoms. The lowest BCUT2D eigenvalue weighted by molar-refractivity contribution is 0.0473. The van der Waals surface area contributed by atoms with Crippen LogP contribution in [0.25, 0.3) is 0 Å². The van der Waals surface area contributed by atoms with Crippen molar-refractivity contribution in [3.63, 3.8) is 0 Å². The van der Waals surface area contributed by atoms with Gasteiger partial charge in [0.05, 0.1) is 19.8 Å². The van der Waals surface area contributed by atoms with Gasteiger partial charge in [0.2, 0.25) is 5.78 Å². The lowest BCUT2D eigenvalue weighted by Gasteiger charge is -2.11. The minimum Gasteiger partial charge on any atom is -0.497 e. The van der Waals surface area contributed by atoms with Crippen LogP contribution < -0.4 is 9.47 Å². The average Bonchev–Trinajstić information content (AvgIpc) is 2.58. The number of hydrogen-bond acceptors (Lipinski definition) is 5. The molecule has 2 rings (SSSR count). The number of ketones is 1. The molecule has 0 aliphatic heterocycles. The molecule has 5 nitrogen and oxygen atoms in total. The zero-order valence-electron chi connectivity index (χ0n) is 15.1. The van der Waals surface area contributed by atoms with Crippen molar-refractivity contribution in [3.8, 4) is 11.5 Å². The molecule has 0 heterocycles. The van der Waals surface area contributed by atoms with Gasteiger partial charge in [0.25, 0.3) is 0 Å². The Morgan fingerprint density at radius 3 is 1.84 bits per heavy atom. The lowest BCUT2D eigenvalue weighted by Crippen LogP contribution is -2.16. The number of aryl methyl sites for hydroxylation is 3. The van der Waals surface area contributed by atoms with E-state index in [2.05, 4.69) is 0 Å². The number of esters is 1. The van der Waals surface area contributed by atoms with Crippen LogP contribution in [0.4, 0.5) is 0 Å². The molecule has 132 valence electrons. The van der Waals surface area contributed by atoms with E-state index in [-0.39, 0.29) is 18.0 Å². The lowest BCUT2D eigenvalue weighted by atomic mass is 9.97. The van der Waals surface area contributed by atoms with Crippen LogP contribution in [-0.2, 0) is 4.74 Å². The average molecular weight is 342 g/mol. The van der Waals surface area contributed by atoms with E-state index in [1.165, 1.54) is 26.4 Å². The Bertz CT molecular complexity index is 762. The van der Waals surface area contributed by atoms with Gasteiger partial charge in [0.1, 0.15) is 11.5 Å². The highest BCUT2D eigenvalue weighted by atomic mass is 16.5. The second kappa shape index (κ2) is 7.83. The first-order valence-corrected chi connectivity index (χ1v) is 7.87. The molecule has 0 radical (unpaired) electrons. The summed E-state index contributed by atoms with van der Waals surface area (Å²) < 4.78 is 15.4. The maximum absolute atomic E-state index is 12.5. The second-order valence-electron chi connectivity index (χ2n) is 5.87. The third kappa shape index (κ3) is 4.38. The number of methoxy groups -OCH3 is 2. The Labute approximate surface area is 147 Å². The van der Waals surface area contributed by atoms with Crippen LogP contribution in [0, 0.1) is 20.8 Å². The van der Waals surface area contributed by atoms with Crippen LogP contribution in [0.3, 0.4) is 0 Å². The highest BCUT2D eigenvalue weighted by Crippen LogP contribution is 2.23. The number of ether oxygens (including phenoxy) is 3. The van der Waals surface area contributed by atoms with E-state index in [1.807, 2.05) is 32.9 Å². The van der Waals surface area contributed by atoms with E-state index < -0.39 is 5.97 Å². The Morgan fingerprint density at radius 1 is 0.840 bits per heavy atom. The van der Waals surface area contributed by atoms with Crippen molar-refractivity contribution in [3.05, 3.63) is 58.1 Å². The van der Waals surface area contributed by atoms with Gasteiger partial charge in [-0.05, 0) is 44.0 Å². The molecular formula is C20H22O5. The Balaban J connectivity index is 2.14. The second-order valence-corrected chi connectivity index (χ2v) is 5.87. The van der Waals surface area contributed by atoms with Crippen molar-refractivity contribution in [2.24, 2.45) is 0 Å². The molecule has 0 unspecified atom stereocenters. The summed E-state index contributed by atoms with van der Waals surface area (Å²) in [6, 6.07) is 8.61. The molecule has 0 aliphatic rings. The first-order chi connectivity index (χ1) is 11.8. The van der Waals surface area contributed by atoms with Gasteiger partial charge in [0, 0.05) is 11.6 Å². The number of carbonyl (C=O) groups excluding carboxylic acids is 2. The minimum absolute atomic E-state index is 0.224. The molecule has 0 saturated carbocycles. The van der Waals surface area contributed by atoms with E-state index >= 15 is 0 Å². The highest BCUT2D eigenvalue weighted by Gasteiger charge is 2.17. The first kappa shape index (κ1) is 18.5. The van der Waals surface area contributed by atoms with Gasteiger partial charge >= 0.3 is 5.97 Å². The summed E-state index contributed by atoms with van der Waals surface area (Å²) in [4.78, 5) is 24.7. The van der Waals surface area contributed by atoms with E-state index in [0.717, 1.165) is 16.7 Å². The van der Waals surface area contributed by atoms with Crippen molar-refractivity contribution in [1.82, 2.24) is 0 Å². The molecular weight excluding hydrogens is 320 g/mol. The standard InChI is InChI=1S/C20H22O5/c1-12-6-13(2)19(14(3)7-12)18(21)11-25-20(22)15-8-16(23-4)10-17(9-15)24-5/h6-10H,11H2,1-5H3. The molecule has 0 saturated heterocycles. The minimum atomic E-state index is -0.604. The fraction of sp³-hybridized carbons (Fsp3) is 0.300. The van der Waals surface area contributed by atoms with E-state index in [1.54, 1.807) is 6.07 Å². The smallest absolute Gasteiger partial charge is 0.338 e. The summed E-state index contributed by atoms with van der Waals surface area (Å²) in [5, 5.41) is 0. The molecule has 0 aliphatic carbocycles. The largest absolute Gasteiger partial charge is 0.497 e. The zero-order chi connectivity index (χ0) is 18.6. The normalized spacial score (nSPS) is 10.3. The monoisotopic (exact) mass is 342 g/mol.